The Hall–Kier alpha value is -0.870. The molecule has 0 aromatic heterocycles. The Morgan fingerprint density at radius 3 is 1.90 bits per heavy atom. The monoisotopic (exact) mass is 299 g/mol. The van der Waals surface area contributed by atoms with Gasteiger partial charge in [0.25, 0.3) is 0 Å². The summed E-state index contributed by atoms with van der Waals surface area (Å²) in [6, 6.07) is 7.19. The standard InChI is InChI=1S/C12H17NO2S.2C2H6/c1-11-7-3-4-8-12(11)16(14,15)13-9-5-2-6-10-13;2*1-2/h3-4,7-8H,2,5-6,9-10H2,1H3;2*1-2H3. The molecule has 1 saturated heterocycles. The highest BCUT2D eigenvalue weighted by Gasteiger charge is 2.26. The SMILES string of the molecule is CC.CC.Cc1ccccc1S(=O)(=O)N1CCCCC1. The maximum Gasteiger partial charge on any atom is 0.243 e. The highest BCUT2D eigenvalue weighted by Crippen LogP contribution is 2.22. The van der Waals surface area contributed by atoms with Gasteiger partial charge in [-0.15, -0.1) is 0 Å². The summed E-state index contributed by atoms with van der Waals surface area (Å²) in [5, 5.41) is 0. The van der Waals surface area contributed by atoms with Gasteiger partial charge in [-0.2, -0.15) is 4.31 Å². The van der Waals surface area contributed by atoms with Crippen LogP contribution in [0.4, 0.5) is 0 Å². The first-order chi connectivity index (χ1) is 9.62. The average molecular weight is 299 g/mol. The highest BCUT2D eigenvalue weighted by atomic mass is 32.2. The molecule has 0 unspecified atom stereocenters. The van der Waals surface area contributed by atoms with Crippen molar-refractivity contribution in [2.75, 3.05) is 13.1 Å². The predicted molar refractivity (Wildman–Crippen MR) is 86.5 cm³/mol. The highest BCUT2D eigenvalue weighted by molar-refractivity contribution is 7.89. The molecule has 1 aromatic carbocycles. The summed E-state index contributed by atoms with van der Waals surface area (Å²) in [4.78, 5) is 0.455. The Kier molecular flexibility index (Phi) is 9.51. The molecular formula is C16H29NO2S. The van der Waals surface area contributed by atoms with Crippen molar-refractivity contribution in [2.45, 2.75) is 58.8 Å². The smallest absolute Gasteiger partial charge is 0.207 e. The van der Waals surface area contributed by atoms with E-state index in [-0.39, 0.29) is 0 Å². The minimum absolute atomic E-state index is 0.455. The van der Waals surface area contributed by atoms with Gasteiger partial charge in [0.05, 0.1) is 4.90 Å². The van der Waals surface area contributed by atoms with Gasteiger partial charge in [-0.25, -0.2) is 8.42 Å². The van der Waals surface area contributed by atoms with E-state index in [1.165, 1.54) is 0 Å². The fraction of sp³-hybridized carbons (Fsp3) is 0.625. The molecule has 0 bridgehead atoms. The second-order valence-electron chi connectivity index (χ2n) is 4.23. The van der Waals surface area contributed by atoms with Crippen LogP contribution in [0.25, 0.3) is 0 Å². The zero-order chi connectivity index (χ0) is 15.6. The number of aryl methyl sites for hydroxylation is 1. The van der Waals surface area contributed by atoms with E-state index in [1.807, 2.05) is 46.8 Å². The van der Waals surface area contributed by atoms with Crippen LogP contribution in [0.5, 0.6) is 0 Å². The Morgan fingerprint density at radius 1 is 0.900 bits per heavy atom. The van der Waals surface area contributed by atoms with Gasteiger partial charge in [0, 0.05) is 13.1 Å². The molecule has 1 aliphatic rings. The molecular weight excluding hydrogens is 270 g/mol. The van der Waals surface area contributed by atoms with Crippen molar-refractivity contribution in [1.29, 1.82) is 0 Å². The summed E-state index contributed by atoms with van der Waals surface area (Å²) >= 11 is 0. The lowest BCUT2D eigenvalue weighted by atomic mass is 10.2. The van der Waals surface area contributed by atoms with E-state index in [0.717, 1.165) is 24.8 Å². The van der Waals surface area contributed by atoms with Gasteiger partial charge in [0.15, 0.2) is 0 Å². The molecule has 0 aliphatic carbocycles. The van der Waals surface area contributed by atoms with Gasteiger partial charge in [0.2, 0.25) is 10.0 Å². The van der Waals surface area contributed by atoms with Gasteiger partial charge in [0.1, 0.15) is 0 Å². The second-order valence-corrected chi connectivity index (χ2v) is 6.14. The summed E-state index contributed by atoms with van der Waals surface area (Å²) in [6.07, 6.45) is 3.09. The van der Waals surface area contributed by atoms with E-state index in [4.69, 9.17) is 0 Å². The number of hydrogen-bond donors (Lipinski definition) is 0. The lowest BCUT2D eigenvalue weighted by Gasteiger charge is -2.26. The molecule has 0 radical (unpaired) electrons. The van der Waals surface area contributed by atoms with Crippen LogP contribution in [0.1, 0.15) is 52.5 Å². The molecule has 0 atom stereocenters. The quantitative estimate of drug-likeness (QED) is 0.820. The molecule has 116 valence electrons. The summed E-state index contributed by atoms with van der Waals surface area (Å²) in [7, 11) is -3.26. The summed E-state index contributed by atoms with van der Waals surface area (Å²) < 4.78 is 26.3. The zero-order valence-electron chi connectivity index (χ0n) is 13.5. The zero-order valence-corrected chi connectivity index (χ0v) is 14.3. The summed E-state index contributed by atoms with van der Waals surface area (Å²) in [6.45, 7) is 11.2. The first-order valence-electron chi connectivity index (χ1n) is 7.68. The number of sulfonamides is 1. The molecule has 4 heteroatoms. The molecule has 3 nitrogen and oxygen atoms in total. The maximum atomic E-state index is 12.3. The van der Waals surface area contributed by atoms with Crippen molar-refractivity contribution >= 4 is 10.0 Å². The number of nitrogens with zero attached hydrogens (tertiary/aromatic N) is 1. The Morgan fingerprint density at radius 2 is 1.40 bits per heavy atom. The summed E-state index contributed by atoms with van der Waals surface area (Å²) in [5.41, 5.74) is 0.827. The van der Waals surface area contributed by atoms with Crippen LogP contribution in [0.15, 0.2) is 29.2 Å². The molecule has 1 fully saturated rings. The molecule has 0 spiro atoms. The van der Waals surface area contributed by atoms with Crippen molar-refractivity contribution in [2.24, 2.45) is 0 Å². The lowest BCUT2D eigenvalue weighted by Crippen LogP contribution is -2.35. The third kappa shape index (κ3) is 4.91. The maximum absolute atomic E-state index is 12.3. The Bertz CT molecular complexity index is 463. The van der Waals surface area contributed by atoms with E-state index < -0.39 is 10.0 Å². The average Bonchev–Trinajstić information content (AvgIpc) is 2.52. The predicted octanol–water partition coefficient (Wildman–Crippen LogP) is 4.22. The van der Waals surface area contributed by atoms with Gasteiger partial charge in [-0.3, -0.25) is 0 Å². The molecule has 1 aliphatic heterocycles. The van der Waals surface area contributed by atoms with E-state index in [0.29, 0.717) is 18.0 Å². The van der Waals surface area contributed by atoms with E-state index in [1.54, 1.807) is 16.4 Å². The summed E-state index contributed by atoms with van der Waals surface area (Å²) in [5.74, 6) is 0. The van der Waals surface area contributed by atoms with Crippen molar-refractivity contribution in [3.63, 3.8) is 0 Å². The lowest BCUT2D eigenvalue weighted by molar-refractivity contribution is 0.346. The van der Waals surface area contributed by atoms with Crippen LogP contribution < -0.4 is 0 Å². The second kappa shape index (κ2) is 9.94. The Labute approximate surface area is 125 Å². The fourth-order valence-electron chi connectivity index (χ4n) is 2.09. The van der Waals surface area contributed by atoms with Gasteiger partial charge in [-0.1, -0.05) is 52.3 Å². The first kappa shape index (κ1) is 19.1. The van der Waals surface area contributed by atoms with E-state index in [2.05, 4.69) is 0 Å². The molecule has 2 rings (SSSR count). The van der Waals surface area contributed by atoms with Gasteiger partial charge < -0.3 is 0 Å². The fourth-order valence-corrected chi connectivity index (χ4v) is 3.83. The topological polar surface area (TPSA) is 37.4 Å². The van der Waals surface area contributed by atoms with Crippen molar-refractivity contribution < 1.29 is 8.42 Å². The van der Waals surface area contributed by atoms with E-state index >= 15 is 0 Å². The minimum atomic E-state index is -3.26. The van der Waals surface area contributed by atoms with Crippen LogP contribution in [0.2, 0.25) is 0 Å². The number of hydrogen-bond acceptors (Lipinski definition) is 2. The largest absolute Gasteiger partial charge is 0.243 e. The van der Waals surface area contributed by atoms with Crippen LogP contribution in [0, 0.1) is 6.92 Å². The molecule has 20 heavy (non-hydrogen) atoms. The number of rotatable bonds is 2. The number of benzene rings is 1. The number of piperidine rings is 1. The molecule has 0 amide bonds. The minimum Gasteiger partial charge on any atom is -0.207 e. The Balaban J connectivity index is 0.000000829. The van der Waals surface area contributed by atoms with Gasteiger partial charge >= 0.3 is 0 Å². The van der Waals surface area contributed by atoms with Crippen molar-refractivity contribution in [3.05, 3.63) is 29.8 Å². The van der Waals surface area contributed by atoms with Crippen molar-refractivity contribution in [3.8, 4) is 0 Å². The van der Waals surface area contributed by atoms with Gasteiger partial charge in [-0.05, 0) is 31.4 Å². The molecule has 1 aromatic rings. The van der Waals surface area contributed by atoms with Crippen LogP contribution in [-0.2, 0) is 10.0 Å². The van der Waals surface area contributed by atoms with Crippen LogP contribution in [0.3, 0.4) is 0 Å². The molecule has 0 N–H and O–H groups in total. The third-order valence-corrected chi connectivity index (χ3v) is 5.09. The van der Waals surface area contributed by atoms with Crippen LogP contribution in [-0.4, -0.2) is 25.8 Å². The molecule has 1 heterocycles. The van der Waals surface area contributed by atoms with Crippen LogP contribution >= 0.6 is 0 Å². The van der Waals surface area contributed by atoms with Crippen molar-refractivity contribution in [1.82, 2.24) is 4.31 Å². The third-order valence-electron chi connectivity index (χ3n) is 3.03. The van der Waals surface area contributed by atoms with E-state index in [9.17, 15) is 8.42 Å². The normalized spacial score (nSPS) is 15.4. The molecule has 0 saturated carbocycles. The first-order valence-corrected chi connectivity index (χ1v) is 9.12.